The van der Waals surface area contributed by atoms with Crippen molar-refractivity contribution in [3.8, 4) is 5.75 Å². The van der Waals surface area contributed by atoms with Gasteiger partial charge in [-0.3, -0.25) is 9.59 Å². The number of ether oxygens (including phenoxy) is 1. The number of carbonyl (C=O) groups is 2. The Hall–Kier alpha value is -3.51. The molecule has 2 amide bonds. The van der Waals surface area contributed by atoms with Gasteiger partial charge in [0, 0.05) is 36.4 Å². The number of halogens is 1. The minimum atomic E-state index is -0.338. The van der Waals surface area contributed by atoms with Crippen molar-refractivity contribution in [1.82, 2.24) is 4.90 Å². The lowest BCUT2D eigenvalue weighted by Crippen LogP contribution is -2.35. The Balaban J connectivity index is 1.37. The molecule has 0 aromatic heterocycles. The van der Waals surface area contributed by atoms with Crippen LogP contribution >= 0.6 is 11.6 Å². The first-order chi connectivity index (χ1) is 15.9. The standard InChI is InChI=1S/C26H26ClN3O3/c1-29(17-25(31)28-23-15-21(27)9-12-24(23)33-2)26(32)19-7-10-22(11-8-19)30-14-13-18-5-3-4-6-20(18)16-30/h3-12,15H,13-14,16-17H2,1-2H3,(H,28,31). The molecule has 6 nitrogen and oxygen atoms in total. The molecule has 1 aliphatic rings. The number of methoxy groups -OCH3 is 1. The molecule has 1 heterocycles. The van der Waals surface area contributed by atoms with E-state index in [0.717, 1.165) is 25.2 Å². The Labute approximate surface area is 198 Å². The maximum absolute atomic E-state index is 12.8. The van der Waals surface area contributed by atoms with Crippen LogP contribution in [0.3, 0.4) is 0 Å². The maximum Gasteiger partial charge on any atom is 0.254 e. The fourth-order valence-electron chi connectivity index (χ4n) is 4.01. The SMILES string of the molecule is COc1ccc(Cl)cc1NC(=O)CN(C)C(=O)c1ccc(N2CCc3ccccc3C2)cc1. The highest BCUT2D eigenvalue weighted by Gasteiger charge is 2.19. The molecule has 33 heavy (non-hydrogen) atoms. The van der Waals surface area contributed by atoms with Crippen molar-refractivity contribution < 1.29 is 14.3 Å². The van der Waals surface area contributed by atoms with Crippen LogP contribution in [0.4, 0.5) is 11.4 Å². The second-order valence-corrected chi connectivity index (χ2v) is 8.48. The van der Waals surface area contributed by atoms with Crippen LogP contribution in [0.5, 0.6) is 5.75 Å². The summed E-state index contributed by atoms with van der Waals surface area (Å²) in [5, 5.41) is 3.23. The molecule has 0 radical (unpaired) electrons. The minimum absolute atomic E-state index is 0.0981. The van der Waals surface area contributed by atoms with Gasteiger partial charge in [-0.1, -0.05) is 35.9 Å². The first-order valence-electron chi connectivity index (χ1n) is 10.8. The average Bonchev–Trinajstić information content (AvgIpc) is 2.83. The number of rotatable bonds is 6. The normalized spacial score (nSPS) is 12.6. The lowest BCUT2D eigenvalue weighted by molar-refractivity contribution is -0.116. The molecule has 0 aliphatic carbocycles. The van der Waals surface area contributed by atoms with Gasteiger partial charge >= 0.3 is 0 Å². The molecule has 0 spiro atoms. The number of nitrogens with one attached hydrogen (secondary N) is 1. The van der Waals surface area contributed by atoms with Crippen molar-refractivity contribution in [1.29, 1.82) is 0 Å². The van der Waals surface area contributed by atoms with E-state index in [2.05, 4.69) is 34.5 Å². The fourth-order valence-corrected chi connectivity index (χ4v) is 4.18. The fraction of sp³-hybridized carbons (Fsp3) is 0.231. The summed E-state index contributed by atoms with van der Waals surface area (Å²) in [6, 6.07) is 21.0. The van der Waals surface area contributed by atoms with Crippen LogP contribution in [0.2, 0.25) is 5.02 Å². The highest BCUT2D eigenvalue weighted by atomic mass is 35.5. The summed E-state index contributed by atoms with van der Waals surface area (Å²) in [5.41, 5.74) is 4.81. The second-order valence-electron chi connectivity index (χ2n) is 8.04. The number of nitrogens with zero attached hydrogens (tertiary/aromatic N) is 2. The smallest absolute Gasteiger partial charge is 0.254 e. The Kier molecular flexibility index (Phi) is 6.84. The van der Waals surface area contributed by atoms with E-state index in [1.54, 1.807) is 25.2 Å². The van der Waals surface area contributed by atoms with Crippen molar-refractivity contribution >= 4 is 34.8 Å². The van der Waals surface area contributed by atoms with Crippen molar-refractivity contribution in [3.05, 3.63) is 88.4 Å². The lowest BCUT2D eigenvalue weighted by Gasteiger charge is -2.30. The summed E-state index contributed by atoms with van der Waals surface area (Å²) in [6.45, 7) is 1.70. The van der Waals surface area contributed by atoms with Crippen LogP contribution in [-0.2, 0) is 17.8 Å². The molecule has 4 rings (SSSR count). The Morgan fingerprint density at radius 1 is 1.06 bits per heavy atom. The van der Waals surface area contributed by atoms with Crippen molar-refractivity contribution in [2.75, 3.05) is 37.5 Å². The molecule has 3 aromatic rings. The summed E-state index contributed by atoms with van der Waals surface area (Å²) in [6.07, 6.45) is 1.01. The molecule has 1 N–H and O–H groups in total. The number of hydrogen-bond donors (Lipinski definition) is 1. The second kappa shape index (κ2) is 9.96. The van der Waals surface area contributed by atoms with Gasteiger partial charge in [0.05, 0.1) is 19.3 Å². The van der Waals surface area contributed by atoms with Gasteiger partial charge in [-0.05, 0) is 60.0 Å². The van der Waals surface area contributed by atoms with Gasteiger partial charge in [-0.15, -0.1) is 0 Å². The number of carbonyl (C=O) groups excluding carboxylic acids is 2. The average molecular weight is 464 g/mol. The Morgan fingerprint density at radius 2 is 1.79 bits per heavy atom. The van der Waals surface area contributed by atoms with E-state index >= 15 is 0 Å². The van der Waals surface area contributed by atoms with Crippen LogP contribution in [0, 0.1) is 0 Å². The number of likely N-dealkylation sites (N-methyl/N-ethyl adjacent to an activating group) is 1. The largest absolute Gasteiger partial charge is 0.495 e. The van der Waals surface area contributed by atoms with Crippen LogP contribution in [0.25, 0.3) is 0 Å². The van der Waals surface area contributed by atoms with E-state index in [0.29, 0.717) is 22.0 Å². The zero-order valence-corrected chi connectivity index (χ0v) is 19.4. The van der Waals surface area contributed by atoms with Crippen molar-refractivity contribution in [2.24, 2.45) is 0 Å². The molecule has 0 fully saturated rings. The van der Waals surface area contributed by atoms with Crippen LogP contribution in [-0.4, -0.2) is 44.0 Å². The zero-order chi connectivity index (χ0) is 23.4. The number of fused-ring (bicyclic) bond motifs is 1. The van der Waals surface area contributed by atoms with Gasteiger partial charge < -0.3 is 19.9 Å². The van der Waals surface area contributed by atoms with E-state index in [1.165, 1.54) is 23.1 Å². The van der Waals surface area contributed by atoms with E-state index in [-0.39, 0.29) is 18.4 Å². The summed E-state index contributed by atoms with van der Waals surface area (Å²) in [7, 11) is 3.12. The predicted molar refractivity (Wildman–Crippen MR) is 131 cm³/mol. The molecule has 1 aliphatic heterocycles. The molecule has 170 valence electrons. The molecule has 0 atom stereocenters. The molecule has 0 saturated carbocycles. The lowest BCUT2D eigenvalue weighted by atomic mass is 9.99. The van der Waals surface area contributed by atoms with E-state index in [1.807, 2.05) is 24.3 Å². The van der Waals surface area contributed by atoms with E-state index < -0.39 is 0 Å². The minimum Gasteiger partial charge on any atom is -0.495 e. The first kappa shape index (κ1) is 22.7. The van der Waals surface area contributed by atoms with Crippen LogP contribution in [0.1, 0.15) is 21.5 Å². The predicted octanol–water partition coefficient (Wildman–Crippen LogP) is 4.62. The summed E-state index contributed by atoms with van der Waals surface area (Å²) in [5.74, 6) is -0.0635. The summed E-state index contributed by atoms with van der Waals surface area (Å²) in [4.78, 5) is 29.0. The Bertz CT molecular complexity index is 1160. The third kappa shape index (κ3) is 5.29. The number of benzene rings is 3. The first-order valence-corrected chi connectivity index (χ1v) is 11.1. The van der Waals surface area contributed by atoms with Gasteiger partial charge in [-0.25, -0.2) is 0 Å². The molecular weight excluding hydrogens is 438 g/mol. The number of amides is 2. The maximum atomic E-state index is 12.8. The molecule has 0 saturated heterocycles. The van der Waals surface area contributed by atoms with Gasteiger partial charge in [0.15, 0.2) is 0 Å². The van der Waals surface area contributed by atoms with Gasteiger partial charge in [0.1, 0.15) is 5.75 Å². The van der Waals surface area contributed by atoms with Gasteiger partial charge in [0.2, 0.25) is 5.91 Å². The van der Waals surface area contributed by atoms with Gasteiger partial charge in [0.25, 0.3) is 5.91 Å². The molecule has 0 bridgehead atoms. The van der Waals surface area contributed by atoms with Crippen molar-refractivity contribution in [2.45, 2.75) is 13.0 Å². The molecular formula is C26H26ClN3O3. The third-order valence-corrected chi connectivity index (χ3v) is 6.01. The van der Waals surface area contributed by atoms with Crippen molar-refractivity contribution in [3.63, 3.8) is 0 Å². The highest BCUT2D eigenvalue weighted by Crippen LogP contribution is 2.28. The van der Waals surface area contributed by atoms with Crippen LogP contribution in [0.15, 0.2) is 66.7 Å². The molecule has 0 unspecified atom stereocenters. The van der Waals surface area contributed by atoms with E-state index in [9.17, 15) is 9.59 Å². The highest BCUT2D eigenvalue weighted by molar-refractivity contribution is 6.31. The van der Waals surface area contributed by atoms with Gasteiger partial charge in [-0.2, -0.15) is 0 Å². The summed E-state index contributed by atoms with van der Waals surface area (Å²) >= 11 is 6.01. The molecule has 7 heteroatoms. The zero-order valence-electron chi connectivity index (χ0n) is 18.7. The van der Waals surface area contributed by atoms with Crippen LogP contribution < -0.4 is 15.0 Å². The number of anilines is 2. The molecule has 3 aromatic carbocycles. The summed E-state index contributed by atoms with van der Waals surface area (Å²) < 4.78 is 5.25. The Morgan fingerprint density at radius 3 is 2.52 bits per heavy atom. The monoisotopic (exact) mass is 463 g/mol. The third-order valence-electron chi connectivity index (χ3n) is 5.77. The number of hydrogen-bond acceptors (Lipinski definition) is 4. The quantitative estimate of drug-likeness (QED) is 0.579. The topological polar surface area (TPSA) is 61.9 Å². The van der Waals surface area contributed by atoms with E-state index in [4.69, 9.17) is 16.3 Å².